The van der Waals surface area contributed by atoms with E-state index in [1.165, 1.54) is 0 Å². The Labute approximate surface area is 88.6 Å². The number of carbonyl (C=O) groups is 2. The summed E-state index contributed by atoms with van der Waals surface area (Å²) in [7, 11) is 0. The first kappa shape index (κ1) is 11.6. The van der Waals surface area contributed by atoms with Crippen LogP contribution in [0.2, 0.25) is 0 Å². The number of carbonyl (C=O) groups excluding carboxylic acids is 1. The SMILES string of the molecule is CCOC(=O)C#C[C@H]1[C@@H](C(=O)O)C1(C)C. The molecule has 0 heterocycles. The highest BCUT2D eigenvalue weighted by Crippen LogP contribution is 2.57. The molecule has 0 aromatic heterocycles. The van der Waals surface area contributed by atoms with E-state index in [1.807, 2.05) is 13.8 Å². The molecule has 0 radical (unpaired) electrons. The van der Waals surface area contributed by atoms with Crippen LogP contribution in [0, 0.1) is 29.1 Å². The zero-order valence-electron chi connectivity index (χ0n) is 9.03. The van der Waals surface area contributed by atoms with Gasteiger partial charge in [-0.2, -0.15) is 0 Å². The van der Waals surface area contributed by atoms with Gasteiger partial charge in [0.05, 0.1) is 12.5 Å². The minimum atomic E-state index is -0.858. The second kappa shape index (κ2) is 3.93. The number of hydrogen-bond donors (Lipinski definition) is 1. The molecule has 1 aliphatic rings. The van der Waals surface area contributed by atoms with Crippen LogP contribution in [0.15, 0.2) is 0 Å². The van der Waals surface area contributed by atoms with Gasteiger partial charge in [-0.3, -0.25) is 4.79 Å². The smallest absolute Gasteiger partial charge is 0.384 e. The van der Waals surface area contributed by atoms with E-state index in [0.29, 0.717) is 0 Å². The molecule has 0 aromatic carbocycles. The maximum Gasteiger partial charge on any atom is 0.384 e. The van der Waals surface area contributed by atoms with Crippen molar-refractivity contribution in [3.63, 3.8) is 0 Å². The molecule has 0 spiro atoms. The van der Waals surface area contributed by atoms with Crippen molar-refractivity contribution in [2.75, 3.05) is 6.61 Å². The van der Waals surface area contributed by atoms with E-state index in [1.54, 1.807) is 6.92 Å². The second-order valence-corrected chi connectivity index (χ2v) is 4.10. The molecular weight excluding hydrogens is 196 g/mol. The number of esters is 1. The molecule has 82 valence electrons. The second-order valence-electron chi connectivity index (χ2n) is 4.10. The normalized spacial score (nSPS) is 26.1. The highest BCUT2D eigenvalue weighted by atomic mass is 16.5. The summed E-state index contributed by atoms with van der Waals surface area (Å²) >= 11 is 0. The molecule has 4 heteroatoms. The zero-order valence-corrected chi connectivity index (χ0v) is 9.03. The van der Waals surface area contributed by atoms with Crippen LogP contribution in [0.25, 0.3) is 0 Å². The van der Waals surface area contributed by atoms with Gasteiger partial charge < -0.3 is 9.84 Å². The van der Waals surface area contributed by atoms with Gasteiger partial charge in [-0.05, 0) is 12.3 Å². The van der Waals surface area contributed by atoms with E-state index >= 15 is 0 Å². The first-order valence-corrected chi connectivity index (χ1v) is 4.82. The summed E-state index contributed by atoms with van der Waals surface area (Å²) in [5.41, 5.74) is -0.342. The summed E-state index contributed by atoms with van der Waals surface area (Å²) in [5.74, 6) is 2.79. The molecule has 15 heavy (non-hydrogen) atoms. The molecule has 0 aromatic rings. The van der Waals surface area contributed by atoms with Gasteiger partial charge in [-0.25, -0.2) is 4.79 Å². The van der Waals surface area contributed by atoms with E-state index in [0.717, 1.165) is 0 Å². The Kier molecular flexibility index (Phi) is 3.04. The number of hydrogen-bond acceptors (Lipinski definition) is 3. The van der Waals surface area contributed by atoms with E-state index in [2.05, 4.69) is 16.6 Å². The molecule has 0 amide bonds. The Morgan fingerprint density at radius 3 is 2.47 bits per heavy atom. The molecular formula is C11H14O4. The maximum atomic E-state index is 10.9. The fourth-order valence-corrected chi connectivity index (χ4v) is 1.67. The molecule has 4 nitrogen and oxygen atoms in total. The largest absolute Gasteiger partial charge is 0.481 e. The van der Waals surface area contributed by atoms with E-state index < -0.39 is 17.9 Å². The number of ether oxygens (including phenoxy) is 1. The van der Waals surface area contributed by atoms with Crippen molar-refractivity contribution in [2.24, 2.45) is 17.3 Å². The van der Waals surface area contributed by atoms with Gasteiger partial charge in [0.1, 0.15) is 0 Å². The van der Waals surface area contributed by atoms with Gasteiger partial charge in [0, 0.05) is 11.8 Å². The van der Waals surface area contributed by atoms with Gasteiger partial charge in [0.15, 0.2) is 0 Å². The molecule has 0 saturated heterocycles. The average molecular weight is 210 g/mol. The van der Waals surface area contributed by atoms with Crippen LogP contribution < -0.4 is 0 Å². The van der Waals surface area contributed by atoms with Gasteiger partial charge in [-0.15, -0.1) is 0 Å². The molecule has 1 fully saturated rings. The molecule has 1 saturated carbocycles. The number of rotatable bonds is 2. The van der Waals surface area contributed by atoms with Gasteiger partial charge >= 0.3 is 11.9 Å². The summed E-state index contributed by atoms with van der Waals surface area (Å²) < 4.78 is 4.62. The Morgan fingerprint density at radius 2 is 2.07 bits per heavy atom. The fourth-order valence-electron chi connectivity index (χ4n) is 1.67. The highest BCUT2D eigenvalue weighted by Gasteiger charge is 2.61. The quantitative estimate of drug-likeness (QED) is 0.418. The molecule has 2 atom stereocenters. The van der Waals surface area contributed by atoms with Crippen LogP contribution in [-0.2, 0) is 14.3 Å². The number of carboxylic acids is 1. The lowest BCUT2D eigenvalue weighted by Crippen LogP contribution is -2.03. The maximum absolute atomic E-state index is 10.9. The molecule has 1 rings (SSSR count). The van der Waals surface area contributed by atoms with Crippen LogP contribution in [0.3, 0.4) is 0 Å². The van der Waals surface area contributed by atoms with Gasteiger partial charge in [-0.1, -0.05) is 19.8 Å². The third-order valence-electron chi connectivity index (χ3n) is 2.70. The average Bonchev–Trinajstić information content (AvgIpc) is 2.65. The first-order chi connectivity index (χ1) is 6.91. The molecule has 0 aliphatic heterocycles. The lowest BCUT2D eigenvalue weighted by Gasteiger charge is -1.95. The predicted octanol–water partition coefficient (Wildman–Crippen LogP) is 0.910. The summed E-state index contributed by atoms with van der Waals surface area (Å²) in [4.78, 5) is 21.7. The van der Waals surface area contributed by atoms with E-state index in [-0.39, 0.29) is 17.9 Å². The monoisotopic (exact) mass is 210 g/mol. The van der Waals surface area contributed by atoms with Crippen molar-refractivity contribution in [1.82, 2.24) is 0 Å². The first-order valence-electron chi connectivity index (χ1n) is 4.82. The third-order valence-corrected chi connectivity index (χ3v) is 2.70. The Hall–Kier alpha value is -1.50. The van der Waals surface area contributed by atoms with Crippen molar-refractivity contribution < 1.29 is 19.4 Å². The minimum Gasteiger partial charge on any atom is -0.481 e. The molecule has 1 N–H and O–H groups in total. The number of aliphatic carboxylic acids is 1. The highest BCUT2D eigenvalue weighted by molar-refractivity contribution is 5.89. The van der Waals surface area contributed by atoms with Crippen molar-refractivity contribution in [2.45, 2.75) is 20.8 Å². The zero-order chi connectivity index (χ0) is 11.6. The number of carboxylic acid groups (broad SMARTS) is 1. The fraction of sp³-hybridized carbons (Fsp3) is 0.636. The molecule has 0 bridgehead atoms. The Bertz CT molecular complexity index is 345. The predicted molar refractivity (Wildman–Crippen MR) is 52.8 cm³/mol. The summed E-state index contributed by atoms with van der Waals surface area (Å²) in [6, 6.07) is 0. The van der Waals surface area contributed by atoms with Crippen molar-refractivity contribution >= 4 is 11.9 Å². The van der Waals surface area contributed by atoms with Crippen LogP contribution in [-0.4, -0.2) is 23.7 Å². The van der Waals surface area contributed by atoms with Crippen LogP contribution >= 0.6 is 0 Å². The van der Waals surface area contributed by atoms with Crippen molar-refractivity contribution in [3.05, 3.63) is 0 Å². The van der Waals surface area contributed by atoms with Crippen LogP contribution in [0.5, 0.6) is 0 Å². The summed E-state index contributed by atoms with van der Waals surface area (Å²) in [5, 5.41) is 8.84. The lowest BCUT2D eigenvalue weighted by atomic mass is 10.1. The van der Waals surface area contributed by atoms with E-state index in [4.69, 9.17) is 5.11 Å². The molecule has 1 aliphatic carbocycles. The van der Waals surface area contributed by atoms with Gasteiger partial charge in [0.2, 0.25) is 0 Å². The molecule has 0 unspecified atom stereocenters. The Morgan fingerprint density at radius 1 is 1.47 bits per heavy atom. The van der Waals surface area contributed by atoms with Crippen molar-refractivity contribution in [3.8, 4) is 11.8 Å². The third kappa shape index (κ3) is 2.30. The summed E-state index contributed by atoms with van der Waals surface area (Å²) in [6.45, 7) is 5.64. The van der Waals surface area contributed by atoms with Gasteiger partial charge in [0.25, 0.3) is 0 Å². The van der Waals surface area contributed by atoms with E-state index in [9.17, 15) is 9.59 Å². The Balaban J connectivity index is 2.62. The minimum absolute atomic E-state index is 0.251. The van der Waals surface area contributed by atoms with Crippen LogP contribution in [0.1, 0.15) is 20.8 Å². The topological polar surface area (TPSA) is 63.6 Å². The summed E-state index contributed by atoms with van der Waals surface area (Å²) in [6.07, 6.45) is 0. The van der Waals surface area contributed by atoms with Crippen molar-refractivity contribution in [1.29, 1.82) is 0 Å². The van der Waals surface area contributed by atoms with Crippen LogP contribution in [0.4, 0.5) is 0 Å². The standard InChI is InChI=1S/C11H14O4/c1-4-15-8(12)6-5-7-9(10(13)14)11(7,2)3/h7,9H,4H2,1-3H3,(H,13,14)/t7-,9-/m0/s1. The lowest BCUT2D eigenvalue weighted by molar-refractivity contribution is -0.139.